The number of rotatable bonds is 5. The Morgan fingerprint density at radius 2 is 2.12 bits per heavy atom. The largest absolute Gasteiger partial charge is 0.326 e. The molecule has 96 valence electrons. The second kappa shape index (κ2) is 5.90. The predicted octanol–water partition coefficient (Wildman–Crippen LogP) is 1.46. The van der Waals surface area contributed by atoms with Crippen LogP contribution in [0.25, 0.3) is 0 Å². The van der Waals surface area contributed by atoms with E-state index in [0.29, 0.717) is 10.0 Å². The summed E-state index contributed by atoms with van der Waals surface area (Å²) in [4.78, 5) is 0.0893. The highest BCUT2D eigenvalue weighted by atomic mass is 79.9. The van der Waals surface area contributed by atoms with Crippen molar-refractivity contribution < 1.29 is 12.8 Å². The first-order valence-corrected chi connectivity index (χ1v) is 7.24. The zero-order chi connectivity index (χ0) is 13.1. The molecule has 4 nitrogen and oxygen atoms in total. The molecule has 0 atom stereocenters. The molecule has 0 saturated carbocycles. The summed E-state index contributed by atoms with van der Waals surface area (Å²) in [6.45, 7) is 1.05. The second-order valence-corrected chi connectivity index (χ2v) is 6.04. The van der Waals surface area contributed by atoms with E-state index in [2.05, 4.69) is 20.7 Å². The smallest absolute Gasteiger partial charge is 0.241 e. The molecule has 0 saturated heterocycles. The summed E-state index contributed by atoms with van der Waals surface area (Å²) < 4.78 is 38.4. The van der Waals surface area contributed by atoms with Crippen molar-refractivity contribution in [2.75, 3.05) is 13.2 Å². The monoisotopic (exact) mass is 324 g/mol. The summed E-state index contributed by atoms with van der Waals surface area (Å²) in [7, 11) is -3.70. The number of halogens is 2. The van der Waals surface area contributed by atoms with Gasteiger partial charge in [0.25, 0.3) is 0 Å². The molecule has 3 N–H and O–H groups in total. The first-order chi connectivity index (χ1) is 7.92. The maximum atomic E-state index is 12.0. The molecule has 0 unspecified atom stereocenters. The highest BCUT2D eigenvalue weighted by Gasteiger charge is 2.19. The third-order valence-corrected chi connectivity index (χ3v) is 4.99. The SMILES string of the molecule is Cc1cc(CN)cc(S(=O)(=O)NCCF)c1Br. The van der Waals surface area contributed by atoms with Crippen molar-refractivity contribution in [1.29, 1.82) is 0 Å². The van der Waals surface area contributed by atoms with E-state index >= 15 is 0 Å². The fourth-order valence-electron chi connectivity index (χ4n) is 1.37. The Morgan fingerprint density at radius 3 is 2.65 bits per heavy atom. The molecular weight excluding hydrogens is 311 g/mol. The van der Waals surface area contributed by atoms with Crippen LogP contribution in [0.1, 0.15) is 11.1 Å². The first kappa shape index (κ1) is 14.6. The van der Waals surface area contributed by atoms with Crippen LogP contribution >= 0.6 is 15.9 Å². The van der Waals surface area contributed by atoms with Gasteiger partial charge in [0.1, 0.15) is 6.67 Å². The lowest BCUT2D eigenvalue weighted by Crippen LogP contribution is -2.26. The number of benzene rings is 1. The van der Waals surface area contributed by atoms with E-state index in [1.165, 1.54) is 6.07 Å². The van der Waals surface area contributed by atoms with Crippen LogP contribution in [0.3, 0.4) is 0 Å². The van der Waals surface area contributed by atoms with Gasteiger partial charge in [-0.05, 0) is 40.0 Å². The number of nitrogens with one attached hydrogen (secondary N) is 1. The number of nitrogens with two attached hydrogens (primary N) is 1. The van der Waals surface area contributed by atoms with Crippen LogP contribution in [0.2, 0.25) is 0 Å². The van der Waals surface area contributed by atoms with Gasteiger partial charge in [-0.3, -0.25) is 0 Å². The van der Waals surface area contributed by atoms with Crippen LogP contribution in [-0.4, -0.2) is 21.6 Å². The van der Waals surface area contributed by atoms with Crippen molar-refractivity contribution in [1.82, 2.24) is 4.72 Å². The van der Waals surface area contributed by atoms with Crippen LogP contribution in [0.15, 0.2) is 21.5 Å². The van der Waals surface area contributed by atoms with E-state index in [-0.39, 0.29) is 18.0 Å². The molecule has 0 aliphatic rings. The van der Waals surface area contributed by atoms with Gasteiger partial charge in [-0.2, -0.15) is 0 Å². The van der Waals surface area contributed by atoms with E-state index < -0.39 is 16.7 Å². The van der Waals surface area contributed by atoms with Crippen molar-refractivity contribution in [3.63, 3.8) is 0 Å². The Kier molecular flexibility index (Phi) is 5.05. The maximum absolute atomic E-state index is 12.0. The van der Waals surface area contributed by atoms with Crippen molar-refractivity contribution in [2.45, 2.75) is 18.4 Å². The summed E-state index contributed by atoms with van der Waals surface area (Å²) in [5.41, 5.74) is 6.98. The maximum Gasteiger partial charge on any atom is 0.241 e. The zero-order valence-electron chi connectivity index (χ0n) is 9.33. The summed E-state index contributed by atoms with van der Waals surface area (Å²) in [5.74, 6) is 0. The van der Waals surface area contributed by atoms with Crippen LogP contribution in [0.4, 0.5) is 4.39 Å². The van der Waals surface area contributed by atoms with E-state index in [4.69, 9.17) is 5.73 Å². The predicted molar refractivity (Wildman–Crippen MR) is 67.9 cm³/mol. The number of hydrogen-bond acceptors (Lipinski definition) is 3. The van der Waals surface area contributed by atoms with Gasteiger partial charge in [-0.15, -0.1) is 0 Å². The lowest BCUT2D eigenvalue weighted by atomic mass is 10.1. The van der Waals surface area contributed by atoms with Gasteiger partial charge in [-0.1, -0.05) is 6.07 Å². The molecule has 7 heteroatoms. The third kappa shape index (κ3) is 3.48. The summed E-state index contributed by atoms with van der Waals surface area (Å²) >= 11 is 3.22. The van der Waals surface area contributed by atoms with Crippen LogP contribution < -0.4 is 10.5 Å². The molecule has 0 fully saturated rings. The average molecular weight is 325 g/mol. The molecule has 0 aliphatic carbocycles. The number of aryl methyl sites for hydroxylation is 1. The molecule has 0 aliphatic heterocycles. The van der Waals surface area contributed by atoms with E-state index in [9.17, 15) is 12.8 Å². The average Bonchev–Trinajstić information content (AvgIpc) is 2.29. The van der Waals surface area contributed by atoms with Gasteiger partial charge in [0.15, 0.2) is 0 Å². The topological polar surface area (TPSA) is 72.2 Å². The fourth-order valence-corrected chi connectivity index (χ4v) is 3.45. The molecule has 0 spiro atoms. The Bertz CT molecular complexity index is 505. The Labute approximate surface area is 109 Å². The Balaban J connectivity index is 3.25. The minimum atomic E-state index is -3.70. The molecule has 0 radical (unpaired) electrons. The molecule has 0 aromatic heterocycles. The van der Waals surface area contributed by atoms with Crippen LogP contribution in [-0.2, 0) is 16.6 Å². The van der Waals surface area contributed by atoms with Crippen molar-refractivity contribution in [2.24, 2.45) is 5.73 Å². The van der Waals surface area contributed by atoms with Gasteiger partial charge in [0.05, 0.1) is 4.90 Å². The second-order valence-electron chi connectivity index (χ2n) is 3.52. The molecule has 1 aromatic carbocycles. The molecule has 1 rings (SSSR count). The number of alkyl halides is 1. The zero-order valence-corrected chi connectivity index (χ0v) is 11.7. The first-order valence-electron chi connectivity index (χ1n) is 4.97. The lowest BCUT2D eigenvalue weighted by Gasteiger charge is -2.11. The summed E-state index contributed by atoms with van der Waals surface area (Å²) in [6.07, 6.45) is 0. The molecule has 0 amide bonds. The fraction of sp³-hybridized carbons (Fsp3) is 0.400. The van der Waals surface area contributed by atoms with Crippen LogP contribution in [0.5, 0.6) is 0 Å². The van der Waals surface area contributed by atoms with Gasteiger partial charge in [0, 0.05) is 17.6 Å². The highest BCUT2D eigenvalue weighted by Crippen LogP contribution is 2.27. The number of sulfonamides is 1. The van der Waals surface area contributed by atoms with E-state index in [0.717, 1.165) is 5.56 Å². The van der Waals surface area contributed by atoms with E-state index in [1.54, 1.807) is 13.0 Å². The lowest BCUT2D eigenvalue weighted by molar-refractivity contribution is 0.486. The van der Waals surface area contributed by atoms with Gasteiger partial charge >= 0.3 is 0 Å². The molecule has 0 bridgehead atoms. The van der Waals surface area contributed by atoms with Crippen LogP contribution in [0, 0.1) is 6.92 Å². The quantitative estimate of drug-likeness (QED) is 0.861. The minimum absolute atomic E-state index is 0.0893. The third-order valence-electron chi connectivity index (χ3n) is 2.19. The molecule has 17 heavy (non-hydrogen) atoms. The highest BCUT2D eigenvalue weighted by molar-refractivity contribution is 9.10. The van der Waals surface area contributed by atoms with Crippen molar-refractivity contribution in [3.05, 3.63) is 27.7 Å². The van der Waals surface area contributed by atoms with E-state index in [1.807, 2.05) is 0 Å². The molecule has 1 aromatic rings. The van der Waals surface area contributed by atoms with Gasteiger partial charge in [0.2, 0.25) is 10.0 Å². The summed E-state index contributed by atoms with van der Waals surface area (Å²) in [5, 5.41) is 0. The minimum Gasteiger partial charge on any atom is -0.326 e. The molecule has 0 heterocycles. The number of hydrogen-bond donors (Lipinski definition) is 2. The Morgan fingerprint density at radius 1 is 1.47 bits per heavy atom. The molecular formula is C10H14BrFN2O2S. The normalized spacial score (nSPS) is 11.8. The summed E-state index contributed by atoms with van der Waals surface area (Å²) in [6, 6.07) is 3.29. The van der Waals surface area contributed by atoms with Gasteiger partial charge in [-0.25, -0.2) is 17.5 Å². The van der Waals surface area contributed by atoms with Gasteiger partial charge < -0.3 is 5.73 Å². The van der Waals surface area contributed by atoms with Crippen molar-refractivity contribution >= 4 is 26.0 Å². The van der Waals surface area contributed by atoms with Crippen molar-refractivity contribution in [3.8, 4) is 0 Å². The Hall–Kier alpha value is -0.500. The standard InChI is InChI=1S/C10H14BrFN2O2S/c1-7-4-8(6-13)5-9(10(7)11)17(15,16)14-3-2-12/h4-5,14H,2-3,6,13H2,1H3.